The molecule has 1 heterocycles. The zero-order valence-electron chi connectivity index (χ0n) is 8.05. The summed E-state index contributed by atoms with van der Waals surface area (Å²) in [5.74, 6) is 0.234. The van der Waals surface area contributed by atoms with Gasteiger partial charge in [-0.3, -0.25) is 4.79 Å². The molecule has 0 aromatic carbocycles. The number of hydrogen-bond acceptors (Lipinski definition) is 3. The van der Waals surface area contributed by atoms with E-state index in [4.69, 9.17) is 9.78 Å². The average molecular weight is 182 g/mol. The second kappa shape index (κ2) is 2.93. The molecule has 3 heteroatoms. The van der Waals surface area contributed by atoms with Gasteiger partial charge in [0.25, 0.3) is 0 Å². The molecular weight excluding hydrogens is 168 g/mol. The van der Waals surface area contributed by atoms with Crippen molar-refractivity contribution in [2.24, 2.45) is 5.41 Å². The van der Waals surface area contributed by atoms with Crippen LogP contribution >= 0.6 is 0 Å². The maximum Gasteiger partial charge on any atom is 0.161 e. The van der Waals surface area contributed by atoms with E-state index in [1.807, 2.05) is 0 Å². The number of hydrogen-bond donors (Lipinski definition) is 0. The van der Waals surface area contributed by atoms with E-state index in [9.17, 15) is 4.79 Å². The van der Waals surface area contributed by atoms with Gasteiger partial charge in [0.1, 0.15) is 13.2 Å². The summed E-state index contributed by atoms with van der Waals surface area (Å²) in [6.07, 6.45) is 1.57. The fourth-order valence-corrected chi connectivity index (χ4v) is 1.96. The molecule has 0 saturated carbocycles. The van der Waals surface area contributed by atoms with Crippen LogP contribution in [0.4, 0.5) is 0 Å². The minimum Gasteiger partial charge on any atom is -0.294 e. The third-order valence-corrected chi connectivity index (χ3v) is 2.98. The lowest BCUT2D eigenvalue weighted by molar-refractivity contribution is -0.291. The molecule has 13 heavy (non-hydrogen) atoms. The van der Waals surface area contributed by atoms with Crippen molar-refractivity contribution >= 4 is 5.78 Å². The highest BCUT2D eigenvalue weighted by atomic mass is 17.2. The van der Waals surface area contributed by atoms with Gasteiger partial charge in [0.05, 0.1) is 0 Å². The molecular formula is C10H14O3. The Kier molecular flexibility index (Phi) is 2.00. The summed E-state index contributed by atoms with van der Waals surface area (Å²) in [4.78, 5) is 21.3. The summed E-state index contributed by atoms with van der Waals surface area (Å²) < 4.78 is 0. The van der Waals surface area contributed by atoms with Gasteiger partial charge in [0, 0.05) is 12.0 Å². The van der Waals surface area contributed by atoms with Gasteiger partial charge in [-0.1, -0.05) is 13.8 Å². The van der Waals surface area contributed by atoms with Crippen LogP contribution < -0.4 is 0 Å². The number of ketones is 1. The normalized spacial score (nSPS) is 27.4. The number of rotatable bonds is 0. The van der Waals surface area contributed by atoms with Gasteiger partial charge in [0.15, 0.2) is 5.78 Å². The lowest BCUT2D eigenvalue weighted by Gasteiger charge is -2.35. The zero-order chi connectivity index (χ0) is 9.47. The minimum atomic E-state index is 0.104. The highest BCUT2D eigenvalue weighted by Crippen LogP contribution is 2.40. The van der Waals surface area contributed by atoms with E-state index >= 15 is 0 Å². The predicted octanol–water partition coefficient (Wildman–Crippen LogP) is 1.63. The maximum absolute atomic E-state index is 11.5. The Labute approximate surface area is 77.6 Å². The molecule has 0 aromatic rings. The first kappa shape index (κ1) is 8.91. The van der Waals surface area contributed by atoms with Gasteiger partial charge >= 0.3 is 0 Å². The van der Waals surface area contributed by atoms with E-state index in [0.29, 0.717) is 19.6 Å². The van der Waals surface area contributed by atoms with Crippen molar-refractivity contribution in [2.75, 3.05) is 13.2 Å². The van der Waals surface area contributed by atoms with E-state index in [0.717, 1.165) is 17.6 Å². The molecule has 72 valence electrons. The smallest absolute Gasteiger partial charge is 0.161 e. The molecule has 0 bridgehead atoms. The Hall–Kier alpha value is -0.670. The fraction of sp³-hybridized carbons (Fsp3) is 0.700. The molecule has 0 radical (unpaired) electrons. The average Bonchev–Trinajstić information content (AvgIpc) is 2.13. The molecule has 1 aliphatic heterocycles. The number of Topliss-reactive ketones (excluding diaryl/α,β-unsaturated/α-hetero) is 1. The first-order valence-corrected chi connectivity index (χ1v) is 4.61. The van der Waals surface area contributed by atoms with E-state index in [2.05, 4.69) is 13.8 Å². The van der Waals surface area contributed by atoms with Crippen LogP contribution in [-0.2, 0) is 14.6 Å². The summed E-state index contributed by atoms with van der Waals surface area (Å²) in [5, 5.41) is 0. The van der Waals surface area contributed by atoms with Gasteiger partial charge in [-0.05, 0) is 17.4 Å². The third kappa shape index (κ3) is 1.42. The molecule has 0 aromatic heterocycles. The highest BCUT2D eigenvalue weighted by molar-refractivity contribution is 5.97. The predicted molar refractivity (Wildman–Crippen MR) is 47.0 cm³/mol. The summed E-state index contributed by atoms with van der Waals surface area (Å²) in [6.45, 7) is 5.10. The molecule has 0 N–H and O–H groups in total. The quantitative estimate of drug-likeness (QED) is 0.534. The Bertz CT molecular complexity index is 276. The Balaban J connectivity index is 2.41. The molecule has 2 rings (SSSR count). The second-order valence-electron chi connectivity index (χ2n) is 4.29. The van der Waals surface area contributed by atoms with Crippen LogP contribution in [0.1, 0.15) is 26.7 Å². The van der Waals surface area contributed by atoms with E-state index in [1.54, 1.807) is 0 Å². The van der Waals surface area contributed by atoms with Crippen LogP contribution in [-0.4, -0.2) is 19.0 Å². The molecule has 0 atom stereocenters. The molecule has 0 amide bonds. The summed E-state index contributed by atoms with van der Waals surface area (Å²) in [6, 6.07) is 0. The molecule has 1 aliphatic carbocycles. The fourth-order valence-electron chi connectivity index (χ4n) is 1.96. The summed E-state index contributed by atoms with van der Waals surface area (Å²) in [5.41, 5.74) is 2.09. The van der Waals surface area contributed by atoms with Gasteiger partial charge in [-0.15, -0.1) is 0 Å². The molecule has 0 fully saturated rings. The highest BCUT2D eigenvalue weighted by Gasteiger charge is 2.36. The zero-order valence-corrected chi connectivity index (χ0v) is 8.05. The van der Waals surface area contributed by atoms with Crippen molar-refractivity contribution in [3.05, 3.63) is 11.1 Å². The minimum absolute atomic E-state index is 0.104. The standard InChI is InChI=1S/C10H14O3/c1-10(2)4-3-9(11)7-5-12-13-6-8(7)10/h3-6H2,1-2H3. The SMILES string of the molecule is CC1(C)CCC(=O)C2=C1COOC2. The lowest BCUT2D eigenvalue weighted by Crippen LogP contribution is -2.33. The van der Waals surface area contributed by atoms with E-state index in [1.165, 1.54) is 0 Å². The van der Waals surface area contributed by atoms with Gasteiger partial charge in [-0.25, -0.2) is 9.78 Å². The molecule has 0 saturated heterocycles. The second-order valence-corrected chi connectivity index (χ2v) is 4.29. The van der Waals surface area contributed by atoms with Crippen molar-refractivity contribution in [1.82, 2.24) is 0 Å². The van der Waals surface area contributed by atoms with Gasteiger partial charge in [0.2, 0.25) is 0 Å². The summed E-state index contributed by atoms with van der Waals surface area (Å²) >= 11 is 0. The monoisotopic (exact) mass is 182 g/mol. The van der Waals surface area contributed by atoms with Crippen LogP contribution in [0.25, 0.3) is 0 Å². The first-order chi connectivity index (χ1) is 6.11. The topological polar surface area (TPSA) is 35.5 Å². The van der Waals surface area contributed by atoms with Crippen LogP contribution in [0.5, 0.6) is 0 Å². The van der Waals surface area contributed by atoms with Crippen molar-refractivity contribution in [3.63, 3.8) is 0 Å². The lowest BCUT2D eigenvalue weighted by atomic mass is 9.72. The largest absolute Gasteiger partial charge is 0.294 e. The first-order valence-electron chi connectivity index (χ1n) is 4.61. The van der Waals surface area contributed by atoms with Gasteiger partial charge < -0.3 is 0 Å². The van der Waals surface area contributed by atoms with Crippen LogP contribution in [0.2, 0.25) is 0 Å². The van der Waals surface area contributed by atoms with Crippen LogP contribution in [0.3, 0.4) is 0 Å². The molecule has 2 aliphatic rings. The van der Waals surface area contributed by atoms with Crippen molar-refractivity contribution in [2.45, 2.75) is 26.7 Å². The van der Waals surface area contributed by atoms with Crippen molar-refractivity contribution in [1.29, 1.82) is 0 Å². The Morgan fingerprint density at radius 3 is 2.62 bits per heavy atom. The Morgan fingerprint density at radius 1 is 1.23 bits per heavy atom. The summed E-state index contributed by atoms with van der Waals surface area (Å²) in [7, 11) is 0. The molecule has 3 nitrogen and oxygen atoms in total. The molecule has 0 spiro atoms. The van der Waals surface area contributed by atoms with Crippen molar-refractivity contribution < 1.29 is 14.6 Å². The van der Waals surface area contributed by atoms with Gasteiger partial charge in [-0.2, -0.15) is 0 Å². The van der Waals surface area contributed by atoms with E-state index < -0.39 is 0 Å². The maximum atomic E-state index is 11.5. The number of carbonyl (C=O) groups excluding carboxylic acids is 1. The molecule has 0 unspecified atom stereocenters. The third-order valence-electron chi connectivity index (χ3n) is 2.98. The number of carbonyl (C=O) groups is 1. The van der Waals surface area contributed by atoms with E-state index in [-0.39, 0.29) is 11.2 Å². The van der Waals surface area contributed by atoms with Crippen LogP contribution in [0.15, 0.2) is 11.1 Å². The Morgan fingerprint density at radius 2 is 1.92 bits per heavy atom. The van der Waals surface area contributed by atoms with Crippen LogP contribution in [0, 0.1) is 5.41 Å². The van der Waals surface area contributed by atoms with Crippen molar-refractivity contribution in [3.8, 4) is 0 Å².